The van der Waals surface area contributed by atoms with Gasteiger partial charge >= 0.3 is 0 Å². The maximum Gasteiger partial charge on any atom is 0.132 e. The first-order valence-electron chi connectivity index (χ1n) is 5.99. The standard InChI is InChI=1S/C15H24OS/c1-14(2,3)10-8-11(15(4,5)6)13(16)12(9-10)17-7/h8-9,16H,1-7H3. The molecule has 2 heteroatoms. The molecule has 0 aliphatic heterocycles. The smallest absolute Gasteiger partial charge is 0.132 e. The molecule has 0 radical (unpaired) electrons. The van der Waals surface area contributed by atoms with Crippen LogP contribution >= 0.6 is 11.8 Å². The Balaban J connectivity index is 3.50. The highest BCUT2D eigenvalue weighted by Gasteiger charge is 2.24. The van der Waals surface area contributed by atoms with Gasteiger partial charge in [0.25, 0.3) is 0 Å². The summed E-state index contributed by atoms with van der Waals surface area (Å²) in [6.45, 7) is 13.0. The highest BCUT2D eigenvalue weighted by atomic mass is 32.2. The molecule has 1 aromatic carbocycles. The number of aromatic hydroxyl groups is 1. The summed E-state index contributed by atoms with van der Waals surface area (Å²) in [6.07, 6.45) is 2.01. The third-order valence-electron chi connectivity index (χ3n) is 2.97. The summed E-state index contributed by atoms with van der Waals surface area (Å²) in [5, 5.41) is 10.3. The monoisotopic (exact) mass is 252 g/mol. The van der Waals surface area contributed by atoms with E-state index in [-0.39, 0.29) is 10.8 Å². The first-order chi connectivity index (χ1) is 7.57. The number of benzene rings is 1. The van der Waals surface area contributed by atoms with Crippen molar-refractivity contribution in [2.75, 3.05) is 6.26 Å². The Labute approximate surface area is 110 Å². The van der Waals surface area contributed by atoms with E-state index >= 15 is 0 Å². The second-order valence-corrected chi connectivity index (χ2v) is 7.42. The Bertz CT molecular complexity index is 408. The number of phenolic OH excluding ortho intramolecular Hbond substituents is 1. The van der Waals surface area contributed by atoms with E-state index in [2.05, 4.69) is 53.7 Å². The van der Waals surface area contributed by atoms with Crippen molar-refractivity contribution in [1.82, 2.24) is 0 Å². The Morgan fingerprint density at radius 1 is 0.941 bits per heavy atom. The van der Waals surface area contributed by atoms with Crippen molar-refractivity contribution in [1.29, 1.82) is 0 Å². The topological polar surface area (TPSA) is 20.2 Å². The van der Waals surface area contributed by atoms with E-state index in [1.165, 1.54) is 5.56 Å². The Hall–Kier alpha value is -0.630. The van der Waals surface area contributed by atoms with E-state index in [1.807, 2.05) is 6.26 Å². The molecule has 0 saturated carbocycles. The molecule has 0 amide bonds. The quantitative estimate of drug-likeness (QED) is 0.730. The molecule has 0 atom stereocenters. The molecule has 96 valence electrons. The van der Waals surface area contributed by atoms with Crippen LogP contribution in [0.3, 0.4) is 0 Å². The van der Waals surface area contributed by atoms with E-state index in [0.29, 0.717) is 5.75 Å². The lowest BCUT2D eigenvalue weighted by atomic mass is 9.80. The average Bonchev–Trinajstić information content (AvgIpc) is 2.14. The van der Waals surface area contributed by atoms with Gasteiger partial charge in [-0.1, -0.05) is 47.6 Å². The van der Waals surface area contributed by atoms with Crippen molar-refractivity contribution in [3.8, 4) is 5.75 Å². The van der Waals surface area contributed by atoms with Crippen LogP contribution in [-0.2, 0) is 10.8 Å². The molecule has 0 aliphatic rings. The van der Waals surface area contributed by atoms with Crippen molar-refractivity contribution < 1.29 is 5.11 Å². The van der Waals surface area contributed by atoms with Gasteiger partial charge in [0.15, 0.2) is 0 Å². The third kappa shape index (κ3) is 3.19. The van der Waals surface area contributed by atoms with Gasteiger partial charge in [0, 0.05) is 10.5 Å². The fourth-order valence-electron chi connectivity index (χ4n) is 1.77. The predicted octanol–water partition coefficient (Wildman–Crippen LogP) is 4.71. The van der Waals surface area contributed by atoms with Gasteiger partial charge in [-0.05, 0) is 28.7 Å². The van der Waals surface area contributed by atoms with Gasteiger partial charge < -0.3 is 5.11 Å². The maximum atomic E-state index is 10.3. The minimum atomic E-state index is -0.0319. The second-order valence-electron chi connectivity index (χ2n) is 6.57. The number of thioether (sulfide) groups is 1. The summed E-state index contributed by atoms with van der Waals surface area (Å²) in [7, 11) is 0. The van der Waals surface area contributed by atoms with E-state index < -0.39 is 0 Å². The van der Waals surface area contributed by atoms with Crippen molar-refractivity contribution in [2.24, 2.45) is 0 Å². The summed E-state index contributed by atoms with van der Waals surface area (Å²) < 4.78 is 0. The fourth-order valence-corrected chi connectivity index (χ4v) is 2.32. The Morgan fingerprint density at radius 2 is 1.47 bits per heavy atom. The van der Waals surface area contributed by atoms with E-state index in [9.17, 15) is 5.11 Å². The number of phenols is 1. The number of hydrogen-bond donors (Lipinski definition) is 1. The molecular weight excluding hydrogens is 228 g/mol. The number of hydrogen-bond acceptors (Lipinski definition) is 2. The van der Waals surface area contributed by atoms with Gasteiger partial charge in [0.2, 0.25) is 0 Å². The zero-order valence-electron chi connectivity index (χ0n) is 12.0. The van der Waals surface area contributed by atoms with E-state index in [4.69, 9.17) is 0 Å². The number of rotatable bonds is 1. The normalized spacial score (nSPS) is 12.9. The fraction of sp³-hybridized carbons (Fsp3) is 0.600. The minimum Gasteiger partial charge on any atom is -0.506 e. The van der Waals surface area contributed by atoms with Crippen molar-refractivity contribution in [3.63, 3.8) is 0 Å². The lowest BCUT2D eigenvalue weighted by Gasteiger charge is -2.27. The van der Waals surface area contributed by atoms with Gasteiger partial charge in [-0.25, -0.2) is 0 Å². The molecule has 0 aliphatic carbocycles. The first kappa shape index (κ1) is 14.4. The molecule has 1 rings (SSSR count). The van der Waals surface area contributed by atoms with E-state index in [0.717, 1.165) is 10.5 Å². The Kier molecular flexibility index (Phi) is 3.87. The van der Waals surface area contributed by atoms with Gasteiger partial charge in [0.05, 0.1) is 0 Å². The first-order valence-corrected chi connectivity index (χ1v) is 7.22. The van der Waals surface area contributed by atoms with Crippen LogP contribution in [0.5, 0.6) is 5.75 Å². The van der Waals surface area contributed by atoms with Crippen LogP contribution in [0.1, 0.15) is 52.7 Å². The summed E-state index contributed by atoms with van der Waals surface area (Å²) in [5.41, 5.74) is 2.40. The van der Waals surface area contributed by atoms with Crippen LogP contribution in [0.15, 0.2) is 17.0 Å². The van der Waals surface area contributed by atoms with Gasteiger partial charge in [-0.15, -0.1) is 11.8 Å². The molecule has 1 N–H and O–H groups in total. The largest absolute Gasteiger partial charge is 0.506 e. The van der Waals surface area contributed by atoms with Crippen LogP contribution in [0, 0.1) is 0 Å². The maximum absolute atomic E-state index is 10.3. The van der Waals surface area contributed by atoms with Gasteiger partial charge in [-0.3, -0.25) is 0 Å². The minimum absolute atomic E-state index is 0.0319. The second kappa shape index (κ2) is 4.56. The van der Waals surface area contributed by atoms with Crippen LogP contribution in [0.4, 0.5) is 0 Å². The molecular formula is C15H24OS. The summed E-state index contributed by atoms with van der Waals surface area (Å²) in [4.78, 5) is 0.974. The Morgan fingerprint density at radius 3 is 1.82 bits per heavy atom. The van der Waals surface area contributed by atoms with Crippen LogP contribution < -0.4 is 0 Å². The molecule has 1 nitrogen and oxygen atoms in total. The SMILES string of the molecule is CSc1cc(C(C)(C)C)cc(C(C)(C)C)c1O. The molecule has 0 spiro atoms. The van der Waals surface area contributed by atoms with Crippen LogP contribution in [0.2, 0.25) is 0 Å². The van der Waals surface area contributed by atoms with Gasteiger partial charge in [-0.2, -0.15) is 0 Å². The van der Waals surface area contributed by atoms with Crippen LogP contribution in [0.25, 0.3) is 0 Å². The highest BCUT2D eigenvalue weighted by molar-refractivity contribution is 7.98. The molecule has 0 fully saturated rings. The molecule has 0 heterocycles. The molecule has 0 saturated heterocycles. The van der Waals surface area contributed by atoms with Crippen LogP contribution in [-0.4, -0.2) is 11.4 Å². The summed E-state index contributed by atoms with van der Waals surface area (Å²) in [6, 6.07) is 4.25. The molecule has 0 unspecified atom stereocenters. The average molecular weight is 252 g/mol. The molecule has 17 heavy (non-hydrogen) atoms. The highest BCUT2D eigenvalue weighted by Crippen LogP contribution is 2.40. The van der Waals surface area contributed by atoms with Crippen molar-refractivity contribution >= 4 is 11.8 Å². The lowest BCUT2D eigenvalue weighted by Crippen LogP contribution is -2.16. The zero-order valence-corrected chi connectivity index (χ0v) is 12.8. The summed E-state index contributed by atoms with van der Waals surface area (Å²) >= 11 is 1.61. The molecule has 0 bridgehead atoms. The summed E-state index contributed by atoms with van der Waals surface area (Å²) in [5.74, 6) is 0.443. The van der Waals surface area contributed by atoms with E-state index in [1.54, 1.807) is 11.8 Å². The predicted molar refractivity (Wildman–Crippen MR) is 77.3 cm³/mol. The molecule has 1 aromatic rings. The molecule has 0 aromatic heterocycles. The van der Waals surface area contributed by atoms with Crippen molar-refractivity contribution in [2.45, 2.75) is 57.3 Å². The lowest BCUT2D eigenvalue weighted by molar-refractivity contribution is 0.432. The van der Waals surface area contributed by atoms with Crippen molar-refractivity contribution in [3.05, 3.63) is 23.3 Å². The van der Waals surface area contributed by atoms with Gasteiger partial charge in [0.1, 0.15) is 5.75 Å². The third-order valence-corrected chi connectivity index (χ3v) is 3.72. The zero-order chi connectivity index (χ0) is 13.4.